The number of ether oxygens (including phenoxy) is 3. The molecule has 35 heavy (non-hydrogen) atoms. The molecule has 0 aromatic heterocycles. The number of rotatable bonds is 6. The summed E-state index contributed by atoms with van der Waals surface area (Å²) in [7, 11) is 1.26. The van der Waals surface area contributed by atoms with Gasteiger partial charge < -0.3 is 14.2 Å². The van der Waals surface area contributed by atoms with Crippen molar-refractivity contribution in [3.05, 3.63) is 96.1 Å². The normalized spacial score (nSPS) is 19.1. The third-order valence-electron chi connectivity index (χ3n) is 6.10. The van der Waals surface area contributed by atoms with Crippen LogP contribution in [-0.2, 0) is 36.0 Å². The van der Waals surface area contributed by atoms with Crippen LogP contribution in [0, 0.1) is 0 Å². The van der Waals surface area contributed by atoms with E-state index in [-0.39, 0.29) is 19.6 Å². The van der Waals surface area contributed by atoms with E-state index in [0.717, 1.165) is 16.7 Å². The molecule has 1 aliphatic heterocycles. The first-order valence-electron chi connectivity index (χ1n) is 11.3. The Bertz CT molecular complexity index is 1180. The lowest BCUT2D eigenvalue weighted by molar-refractivity contribution is -0.157. The Balaban J connectivity index is 1.62. The summed E-state index contributed by atoms with van der Waals surface area (Å²) >= 11 is 0. The largest absolute Gasteiger partial charge is 0.467 e. The van der Waals surface area contributed by atoms with Gasteiger partial charge in [0.25, 0.3) is 0 Å². The van der Waals surface area contributed by atoms with Crippen molar-refractivity contribution < 1.29 is 28.6 Å². The van der Waals surface area contributed by atoms with Crippen molar-refractivity contribution in [3.8, 4) is 11.1 Å². The highest BCUT2D eigenvalue weighted by molar-refractivity contribution is 5.83. The van der Waals surface area contributed by atoms with Crippen LogP contribution < -0.4 is 0 Å². The molecule has 1 aliphatic rings. The van der Waals surface area contributed by atoms with Crippen molar-refractivity contribution in [1.82, 2.24) is 4.90 Å². The molecule has 0 saturated carbocycles. The molecule has 0 aliphatic carbocycles. The second-order valence-electron chi connectivity index (χ2n) is 8.44. The van der Waals surface area contributed by atoms with Crippen LogP contribution in [-0.4, -0.2) is 42.6 Å². The fourth-order valence-electron chi connectivity index (χ4n) is 4.43. The Kier molecular flexibility index (Phi) is 7.15. The number of hydrogen-bond acceptors (Lipinski definition) is 6. The SMILES string of the molecule is COC(=O)[C@@H]1C[C@@](OC(C)=O)(c2ccc(-c3ccccc3)cc2)CN1C(=O)OCc1ccccc1. The minimum absolute atomic E-state index is 0.0371. The van der Waals surface area contributed by atoms with Crippen LogP contribution in [0.3, 0.4) is 0 Å². The maximum absolute atomic E-state index is 13.0. The molecule has 7 nitrogen and oxygen atoms in total. The van der Waals surface area contributed by atoms with Gasteiger partial charge in [0.1, 0.15) is 12.6 Å². The molecule has 180 valence electrons. The molecule has 2 atom stereocenters. The number of hydrogen-bond donors (Lipinski definition) is 0. The first kappa shape index (κ1) is 24.0. The highest BCUT2D eigenvalue weighted by atomic mass is 16.6. The molecule has 3 aromatic rings. The van der Waals surface area contributed by atoms with Crippen molar-refractivity contribution in [2.75, 3.05) is 13.7 Å². The maximum Gasteiger partial charge on any atom is 0.411 e. The van der Waals surface area contributed by atoms with E-state index < -0.39 is 29.7 Å². The van der Waals surface area contributed by atoms with E-state index in [0.29, 0.717) is 5.56 Å². The minimum Gasteiger partial charge on any atom is -0.467 e. The van der Waals surface area contributed by atoms with Gasteiger partial charge in [0.05, 0.1) is 13.7 Å². The van der Waals surface area contributed by atoms with Crippen LogP contribution in [0.1, 0.15) is 24.5 Å². The lowest BCUT2D eigenvalue weighted by Crippen LogP contribution is -2.42. The molecule has 1 fully saturated rings. The number of nitrogens with zero attached hydrogens (tertiary/aromatic N) is 1. The van der Waals surface area contributed by atoms with Gasteiger partial charge in [0.15, 0.2) is 5.60 Å². The molecule has 0 bridgehead atoms. The van der Waals surface area contributed by atoms with Gasteiger partial charge in [0, 0.05) is 13.3 Å². The number of benzene rings is 3. The van der Waals surface area contributed by atoms with Gasteiger partial charge in [0.2, 0.25) is 0 Å². The standard InChI is InChI=1S/C28H27NO6/c1-20(30)35-28(24-15-13-23(14-16-24)22-11-7-4-8-12-22)17-25(26(31)33-2)29(19-28)27(32)34-18-21-9-5-3-6-10-21/h3-16,25H,17-19H2,1-2H3/t25-,28-/m0/s1. The number of likely N-dealkylation sites (tertiary alicyclic amines) is 1. The van der Waals surface area contributed by atoms with E-state index in [4.69, 9.17) is 14.2 Å². The summed E-state index contributed by atoms with van der Waals surface area (Å²) in [5.41, 5.74) is 2.32. The fourth-order valence-corrected chi connectivity index (χ4v) is 4.43. The monoisotopic (exact) mass is 473 g/mol. The van der Waals surface area contributed by atoms with E-state index in [1.165, 1.54) is 18.9 Å². The fraction of sp³-hybridized carbons (Fsp3) is 0.250. The summed E-state index contributed by atoms with van der Waals surface area (Å²) in [5, 5.41) is 0. The van der Waals surface area contributed by atoms with Gasteiger partial charge in [-0.05, 0) is 22.3 Å². The van der Waals surface area contributed by atoms with Crippen LogP contribution >= 0.6 is 0 Å². The van der Waals surface area contributed by atoms with Crippen LogP contribution in [0.5, 0.6) is 0 Å². The lowest BCUT2D eigenvalue weighted by atomic mass is 9.89. The van der Waals surface area contributed by atoms with Crippen LogP contribution in [0.2, 0.25) is 0 Å². The predicted molar refractivity (Wildman–Crippen MR) is 129 cm³/mol. The van der Waals surface area contributed by atoms with Crippen molar-refractivity contribution in [2.45, 2.75) is 31.6 Å². The van der Waals surface area contributed by atoms with Gasteiger partial charge >= 0.3 is 18.0 Å². The summed E-state index contributed by atoms with van der Waals surface area (Å²) in [6.45, 7) is 1.32. The Labute approximate surface area is 204 Å². The zero-order valence-corrected chi connectivity index (χ0v) is 19.7. The Hall–Kier alpha value is -4.13. The van der Waals surface area contributed by atoms with E-state index >= 15 is 0 Å². The molecule has 1 heterocycles. The smallest absolute Gasteiger partial charge is 0.411 e. The third kappa shape index (κ3) is 5.35. The molecule has 0 spiro atoms. The van der Waals surface area contributed by atoms with Gasteiger partial charge in [-0.1, -0.05) is 84.9 Å². The van der Waals surface area contributed by atoms with E-state index in [1.807, 2.05) is 84.9 Å². The van der Waals surface area contributed by atoms with Gasteiger partial charge in [-0.3, -0.25) is 9.69 Å². The van der Waals surface area contributed by atoms with Gasteiger partial charge in [-0.2, -0.15) is 0 Å². The molecule has 4 rings (SSSR count). The molecule has 0 unspecified atom stereocenters. The summed E-state index contributed by atoms with van der Waals surface area (Å²) in [6.07, 6.45) is -0.621. The van der Waals surface area contributed by atoms with E-state index in [1.54, 1.807) is 0 Å². The van der Waals surface area contributed by atoms with Crippen LogP contribution in [0.4, 0.5) is 4.79 Å². The van der Waals surface area contributed by atoms with Crippen LogP contribution in [0.15, 0.2) is 84.9 Å². The minimum atomic E-state index is -1.22. The first-order valence-corrected chi connectivity index (χ1v) is 11.3. The zero-order chi connectivity index (χ0) is 24.8. The Morgan fingerprint density at radius 1 is 0.886 bits per heavy atom. The van der Waals surface area contributed by atoms with E-state index in [2.05, 4.69) is 0 Å². The second kappa shape index (κ2) is 10.4. The van der Waals surface area contributed by atoms with E-state index in [9.17, 15) is 14.4 Å². The average Bonchev–Trinajstić information content (AvgIpc) is 3.28. The molecule has 3 aromatic carbocycles. The third-order valence-corrected chi connectivity index (χ3v) is 6.10. The van der Waals surface area contributed by atoms with Gasteiger partial charge in [-0.15, -0.1) is 0 Å². The van der Waals surface area contributed by atoms with Crippen molar-refractivity contribution in [1.29, 1.82) is 0 Å². The Morgan fingerprint density at radius 2 is 1.49 bits per heavy atom. The van der Waals surface area contributed by atoms with Gasteiger partial charge in [-0.25, -0.2) is 9.59 Å². The van der Waals surface area contributed by atoms with Crippen LogP contribution in [0.25, 0.3) is 11.1 Å². The molecular weight excluding hydrogens is 446 g/mol. The van der Waals surface area contributed by atoms with Crippen molar-refractivity contribution in [2.24, 2.45) is 0 Å². The average molecular weight is 474 g/mol. The summed E-state index contributed by atoms with van der Waals surface area (Å²) < 4.78 is 16.2. The number of methoxy groups -OCH3 is 1. The molecular formula is C28H27NO6. The quantitative estimate of drug-likeness (QED) is 0.381. The highest BCUT2D eigenvalue weighted by Gasteiger charge is 2.53. The Morgan fingerprint density at radius 3 is 2.09 bits per heavy atom. The number of amides is 1. The number of esters is 2. The summed E-state index contributed by atoms with van der Waals surface area (Å²) in [5.74, 6) is -1.11. The summed E-state index contributed by atoms with van der Waals surface area (Å²) in [6, 6.07) is 25.7. The first-order chi connectivity index (χ1) is 16.9. The predicted octanol–water partition coefficient (Wildman–Crippen LogP) is 4.70. The number of carbonyl (C=O) groups excluding carboxylic acids is 3. The van der Waals surface area contributed by atoms with Crippen molar-refractivity contribution >= 4 is 18.0 Å². The molecule has 1 saturated heterocycles. The zero-order valence-electron chi connectivity index (χ0n) is 19.7. The highest BCUT2D eigenvalue weighted by Crippen LogP contribution is 2.41. The second-order valence-corrected chi connectivity index (χ2v) is 8.44. The van der Waals surface area contributed by atoms with Crippen molar-refractivity contribution in [3.63, 3.8) is 0 Å². The number of carbonyl (C=O) groups is 3. The molecule has 0 N–H and O–H groups in total. The maximum atomic E-state index is 13.0. The summed E-state index contributed by atoms with van der Waals surface area (Å²) in [4.78, 5) is 39.1. The molecule has 1 amide bonds. The topological polar surface area (TPSA) is 82.1 Å². The molecule has 0 radical (unpaired) electrons. The molecule has 7 heteroatoms. The lowest BCUT2D eigenvalue weighted by Gasteiger charge is -2.29.